The summed E-state index contributed by atoms with van der Waals surface area (Å²) in [7, 11) is 0. The number of rotatable bonds is 7. The second kappa shape index (κ2) is 15.8. The highest BCUT2D eigenvalue weighted by Crippen LogP contribution is 2.29. The molecule has 5 heteroatoms. The molecule has 0 spiro atoms. The fourth-order valence-electron chi connectivity index (χ4n) is 2.47. The molecule has 0 bridgehead atoms. The molecular formula is C24H30IN3S. The third-order valence-electron chi connectivity index (χ3n) is 3.58. The van der Waals surface area contributed by atoms with Crippen molar-refractivity contribution in [2.24, 2.45) is 0 Å². The van der Waals surface area contributed by atoms with Crippen molar-refractivity contribution >= 4 is 50.9 Å². The van der Waals surface area contributed by atoms with E-state index in [-0.39, 0.29) is 0 Å². The van der Waals surface area contributed by atoms with Crippen LogP contribution in [0.25, 0.3) is 5.57 Å². The molecular weight excluding hydrogens is 489 g/mol. The molecule has 0 saturated heterocycles. The van der Waals surface area contributed by atoms with Crippen molar-refractivity contribution in [3.05, 3.63) is 94.5 Å². The molecule has 0 aliphatic carbocycles. The Balaban J connectivity index is 0.00000184. The first-order valence-corrected chi connectivity index (χ1v) is 12.3. The zero-order valence-electron chi connectivity index (χ0n) is 17.8. The first-order valence-electron chi connectivity index (χ1n) is 9.27. The Morgan fingerprint density at radius 2 is 1.83 bits per heavy atom. The zero-order chi connectivity index (χ0) is 22.2. The number of allylic oxidation sites excluding steroid dienone is 7. The lowest BCUT2D eigenvalue weighted by Crippen LogP contribution is -2.11. The summed E-state index contributed by atoms with van der Waals surface area (Å²) in [5.41, 5.74) is 3.70. The molecule has 0 fully saturated rings. The largest absolute Gasteiger partial charge is 0.305 e. The molecule has 0 aliphatic rings. The van der Waals surface area contributed by atoms with Gasteiger partial charge in [-0.3, -0.25) is 10.4 Å². The van der Waals surface area contributed by atoms with E-state index in [0.29, 0.717) is 28.3 Å². The van der Waals surface area contributed by atoms with Gasteiger partial charge in [0.25, 0.3) is 0 Å². The van der Waals surface area contributed by atoms with E-state index >= 15 is 0 Å². The summed E-state index contributed by atoms with van der Waals surface area (Å²) in [5.74, 6) is 0. The number of hydrogen-bond donors (Lipinski definition) is 2. The van der Waals surface area contributed by atoms with E-state index in [1.165, 1.54) is 11.3 Å². The van der Waals surface area contributed by atoms with Crippen LogP contribution in [-0.2, 0) is 0 Å². The summed E-state index contributed by atoms with van der Waals surface area (Å²) in [4.78, 5) is 7.25. The molecule has 0 amide bonds. The Morgan fingerprint density at radius 3 is 2.28 bits per heavy atom. The van der Waals surface area contributed by atoms with Crippen LogP contribution >= 0.6 is 33.9 Å². The van der Waals surface area contributed by atoms with Crippen LogP contribution in [0.1, 0.15) is 38.3 Å². The summed E-state index contributed by atoms with van der Waals surface area (Å²) in [6, 6.07) is 9.47. The fourth-order valence-corrected chi connectivity index (χ4v) is 3.15. The fraction of sp³-hybridized carbons (Fsp3) is 0.208. The van der Waals surface area contributed by atoms with Gasteiger partial charge in [-0.15, -0.1) is 11.3 Å². The lowest BCUT2D eigenvalue weighted by molar-refractivity contribution is 1.27. The van der Waals surface area contributed by atoms with Crippen molar-refractivity contribution in [3.8, 4) is 0 Å². The number of nitrogens with one attached hydrogen (secondary N) is 2. The minimum absolute atomic E-state index is 0.376. The highest BCUT2D eigenvalue weighted by atomic mass is 127. The topological polar surface area (TPSA) is 60.6 Å². The van der Waals surface area contributed by atoms with Gasteiger partial charge in [0.2, 0.25) is 0 Å². The van der Waals surface area contributed by atoms with Crippen molar-refractivity contribution in [2.45, 2.75) is 27.7 Å². The molecule has 2 aromatic rings. The molecule has 0 atom stereocenters. The number of hydrogen-bond acceptors (Lipinski definition) is 4. The first-order chi connectivity index (χ1) is 14.1. The number of alkyl halides is 1. The number of aromatic nitrogens is 1. The number of halogens is 1. The second-order valence-electron chi connectivity index (χ2n) is 5.28. The number of nitrogens with zero attached hydrogens (tertiary/aromatic N) is 1. The van der Waals surface area contributed by atoms with Crippen LogP contribution in [0.3, 0.4) is 0 Å². The van der Waals surface area contributed by atoms with E-state index in [2.05, 4.69) is 34.2 Å². The summed E-state index contributed by atoms with van der Waals surface area (Å²) >= 11 is 3.66. The third-order valence-corrected chi connectivity index (χ3v) is 4.46. The SMILES string of the molecule is C=C\C=C/C(=C\C)C(/C(=N)c1cccs1)=C(/C(C)=N)c1ccccn1.CC.CI. The normalized spacial score (nSPS) is 11.4. The lowest BCUT2D eigenvalue weighted by atomic mass is 9.89. The van der Waals surface area contributed by atoms with Crippen LogP contribution in [0.5, 0.6) is 0 Å². The van der Waals surface area contributed by atoms with Crippen molar-refractivity contribution in [1.82, 2.24) is 4.98 Å². The Bertz CT molecular complexity index is 861. The molecule has 0 aliphatic heterocycles. The summed E-state index contributed by atoms with van der Waals surface area (Å²) in [6.07, 6.45) is 9.11. The average molecular weight is 519 g/mol. The molecule has 0 radical (unpaired) electrons. The quantitative estimate of drug-likeness (QED) is 0.167. The predicted octanol–water partition coefficient (Wildman–Crippen LogP) is 7.77. The van der Waals surface area contributed by atoms with Crippen LogP contribution < -0.4 is 0 Å². The molecule has 0 saturated carbocycles. The van der Waals surface area contributed by atoms with E-state index in [1.807, 2.05) is 79.6 Å². The monoisotopic (exact) mass is 519 g/mol. The van der Waals surface area contributed by atoms with Gasteiger partial charge in [-0.25, -0.2) is 0 Å². The van der Waals surface area contributed by atoms with Crippen LogP contribution in [0, 0.1) is 10.8 Å². The molecule has 3 nitrogen and oxygen atoms in total. The maximum absolute atomic E-state index is 8.77. The van der Waals surface area contributed by atoms with Crippen LogP contribution in [0.4, 0.5) is 0 Å². The van der Waals surface area contributed by atoms with Gasteiger partial charge in [-0.1, -0.05) is 79.5 Å². The molecule has 0 unspecified atom stereocenters. The Kier molecular flexibility index (Phi) is 14.6. The third kappa shape index (κ3) is 8.03. The van der Waals surface area contributed by atoms with Gasteiger partial charge in [0.1, 0.15) is 0 Å². The molecule has 0 aromatic carbocycles. The van der Waals surface area contributed by atoms with Crippen LogP contribution in [-0.4, -0.2) is 21.3 Å². The maximum Gasteiger partial charge on any atom is 0.0797 e. The zero-order valence-corrected chi connectivity index (χ0v) is 20.8. The van der Waals surface area contributed by atoms with E-state index in [9.17, 15) is 0 Å². The summed E-state index contributed by atoms with van der Waals surface area (Å²) < 4.78 is 0. The van der Waals surface area contributed by atoms with Crippen molar-refractivity contribution < 1.29 is 0 Å². The van der Waals surface area contributed by atoms with Crippen molar-refractivity contribution in [2.75, 3.05) is 4.93 Å². The second-order valence-corrected chi connectivity index (χ2v) is 6.23. The van der Waals surface area contributed by atoms with Gasteiger partial charge in [0.05, 0.1) is 16.3 Å². The minimum Gasteiger partial charge on any atom is -0.305 e. The predicted molar refractivity (Wildman–Crippen MR) is 140 cm³/mol. The molecule has 2 rings (SSSR count). The highest BCUT2D eigenvalue weighted by Gasteiger charge is 2.20. The van der Waals surface area contributed by atoms with E-state index in [4.69, 9.17) is 10.8 Å². The summed E-state index contributed by atoms with van der Waals surface area (Å²) in [6.45, 7) is 11.4. The molecule has 29 heavy (non-hydrogen) atoms. The van der Waals surface area contributed by atoms with Gasteiger partial charge in [-0.2, -0.15) is 0 Å². The minimum atomic E-state index is 0.376. The van der Waals surface area contributed by atoms with E-state index < -0.39 is 0 Å². The van der Waals surface area contributed by atoms with Gasteiger partial charge < -0.3 is 5.41 Å². The Labute approximate surface area is 193 Å². The van der Waals surface area contributed by atoms with Gasteiger partial charge >= 0.3 is 0 Å². The number of thiophene rings is 1. The molecule has 2 N–H and O–H groups in total. The van der Waals surface area contributed by atoms with Crippen molar-refractivity contribution in [3.63, 3.8) is 0 Å². The van der Waals surface area contributed by atoms with Gasteiger partial charge in [0, 0.05) is 23.1 Å². The first kappa shape index (κ1) is 26.9. The standard InChI is InChI=1S/C21H21N3S.C2H6.CH3I/c1-4-6-10-16(5-2)20(21(23)18-12-9-14-25-18)19(15(3)22)17-11-7-8-13-24-17;2*1-2/h4-14,22-23H,1H2,2-3H3;1-2H3;1H3/b10-6-,16-5+,20-19+,22-15?,23-21?;;. The lowest BCUT2D eigenvalue weighted by Gasteiger charge is -2.16. The smallest absolute Gasteiger partial charge is 0.0797 e. The van der Waals surface area contributed by atoms with Crippen molar-refractivity contribution in [1.29, 1.82) is 10.8 Å². The highest BCUT2D eigenvalue weighted by molar-refractivity contribution is 14.1. The Hall–Kier alpha value is -2.12. The molecule has 154 valence electrons. The maximum atomic E-state index is 8.77. The summed E-state index contributed by atoms with van der Waals surface area (Å²) in [5, 5.41) is 19.0. The van der Waals surface area contributed by atoms with Crippen LogP contribution in [0.15, 0.2) is 83.9 Å². The Morgan fingerprint density at radius 1 is 1.14 bits per heavy atom. The van der Waals surface area contributed by atoms with E-state index in [1.54, 1.807) is 19.2 Å². The van der Waals surface area contributed by atoms with E-state index in [0.717, 1.165) is 10.5 Å². The van der Waals surface area contributed by atoms with Gasteiger partial charge in [-0.05, 0) is 47.9 Å². The average Bonchev–Trinajstić information content (AvgIpc) is 3.31. The molecule has 2 heterocycles. The molecule has 2 aromatic heterocycles. The van der Waals surface area contributed by atoms with Gasteiger partial charge in [0.15, 0.2) is 0 Å². The van der Waals surface area contributed by atoms with Crippen LogP contribution in [0.2, 0.25) is 0 Å². The number of pyridine rings is 1.